The molecule has 0 atom stereocenters. The van der Waals surface area contributed by atoms with Gasteiger partial charge in [0.2, 0.25) is 0 Å². The number of para-hydroxylation sites is 2. The molecule has 12 rings (SSSR count). The quantitative estimate of drug-likeness (QED) is 0.164. The van der Waals surface area contributed by atoms with Gasteiger partial charge in [-0.3, -0.25) is 9.97 Å². The first-order valence-corrected chi connectivity index (χ1v) is 19.8. The molecule has 0 bridgehead atoms. The third kappa shape index (κ3) is 5.40. The van der Waals surface area contributed by atoms with Gasteiger partial charge in [0.25, 0.3) is 0 Å². The number of hydrogen-bond donors (Lipinski definition) is 0. The Morgan fingerprint density at radius 3 is 1.53 bits per heavy atom. The molecular weight excluding hydrogens is 721 g/mol. The minimum absolute atomic E-state index is 0.795. The highest BCUT2D eigenvalue weighted by molar-refractivity contribution is 6.27. The summed E-state index contributed by atoms with van der Waals surface area (Å²) in [5.74, 6) is 0. The minimum atomic E-state index is 0.795. The maximum Gasteiger partial charge on any atom is 0.147 e. The molecule has 5 heterocycles. The second-order valence-corrected chi connectivity index (χ2v) is 14.9. The van der Waals surface area contributed by atoms with E-state index in [0.29, 0.717) is 0 Å². The summed E-state index contributed by atoms with van der Waals surface area (Å²) in [4.78, 5) is 19.8. The average Bonchev–Trinajstić information content (AvgIpc) is 3.72. The highest BCUT2D eigenvalue weighted by atomic mass is 16.3. The maximum atomic E-state index is 6.75. The molecule has 5 heteroatoms. The normalized spacial score (nSPS) is 11.7. The lowest BCUT2D eigenvalue weighted by molar-refractivity contribution is 0.672. The highest BCUT2D eigenvalue weighted by Gasteiger charge is 2.21. The lowest BCUT2D eigenvalue weighted by atomic mass is 9.92. The third-order valence-corrected chi connectivity index (χ3v) is 11.6. The van der Waals surface area contributed by atoms with Crippen LogP contribution < -0.4 is 0 Å². The molecule has 274 valence electrons. The Labute approximate surface area is 338 Å². The van der Waals surface area contributed by atoms with Crippen LogP contribution in [0, 0.1) is 0 Å². The van der Waals surface area contributed by atoms with Crippen molar-refractivity contribution in [3.8, 4) is 56.3 Å². The van der Waals surface area contributed by atoms with Gasteiger partial charge < -0.3 is 4.42 Å². The number of rotatable bonds is 5. The molecule has 0 fully saturated rings. The zero-order valence-corrected chi connectivity index (χ0v) is 31.7. The second-order valence-electron chi connectivity index (χ2n) is 14.9. The van der Waals surface area contributed by atoms with Gasteiger partial charge in [-0.15, -0.1) is 0 Å². The number of pyridine rings is 4. The average molecular weight is 753 g/mol. The zero-order chi connectivity index (χ0) is 38.9. The minimum Gasteiger partial charge on any atom is -0.455 e. The summed E-state index contributed by atoms with van der Waals surface area (Å²) in [5.41, 5.74) is 11.9. The lowest BCUT2D eigenvalue weighted by Gasteiger charge is -2.14. The first-order valence-electron chi connectivity index (χ1n) is 19.8. The zero-order valence-electron chi connectivity index (χ0n) is 31.7. The largest absolute Gasteiger partial charge is 0.455 e. The van der Waals surface area contributed by atoms with E-state index in [1.165, 1.54) is 32.3 Å². The van der Waals surface area contributed by atoms with E-state index in [1.54, 1.807) is 12.4 Å². The van der Waals surface area contributed by atoms with Gasteiger partial charge in [-0.05, 0) is 104 Å². The molecule has 0 saturated carbocycles. The van der Waals surface area contributed by atoms with Crippen molar-refractivity contribution in [2.24, 2.45) is 0 Å². The lowest BCUT2D eigenvalue weighted by Crippen LogP contribution is -1.94. The number of fused-ring (bicyclic) bond motifs is 11. The van der Waals surface area contributed by atoms with E-state index in [2.05, 4.69) is 143 Å². The van der Waals surface area contributed by atoms with Crippen LogP contribution in [0.5, 0.6) is 0 Å². The van der Waals surface area contributed by atoms with E-state index in [-0.39, 0.29) is 0 Å². The Morgan fingerprint density at radius 2 is 0.881 bits per heavy atom. The first-order chi connectivity index (χ1) is 29.2. The summed E-state index contributed by atoms with van der Waals surface area (Å²) in [6, 6.07) is 63.6. The number of furan rings is 1. The Kier molecular flexibility index (Phi) is 7.47. The summed E-state index contributed by atoms with van der Waals surface area (Å²) in [6.45, 7) is 0. The van der Waals surface area contributed by atoms with Crippen molar-refractivity contribution in [1.82, 2.24) is 19.9 Å². The topological polar surface area (TPSA) is 64.7 Å². The molecule has 0 unspecified atom stereocenters. The van der Waals surface area contributed by atoms with Crippen molar-refractivity contribution >= 4 is 65.2 Å². The molecule has 5 nitrogen and oxygen atoms in total. The van der Waals surface area contributed by atoms with Crippen LogP contribution >= 0.6 is 0 Å². The van der Waals surface area contributed by atoms with Crippen LogP contribution in [0.4, 0.5) is 0 Å². The predicted molar refractivity (Wildman–Crippen MR) is 242 cm³/mol. The van der Waals surface area contributed by atoms with Gasteiger partial charge >= 0.3 is 0 Å². The summed E-state index contributed by atoms with van der Waals surface area (Å²) >= 11 is 0. The van der Waals surface area contributed by atoms with Crippen LogP contribution in [0.1, 0.15) is 0 Å². The molecule has 0 N–H and O–H groups in total. The Bertz CT molecular complexity index is 3500. The van der Waals surface area contributed by atoms with E-state index < -0.39 is 0 Å². The van der Waals surface area contributed by atoms with E-state index in [4.69, 9.17) is 14.4 Å². The van der Waals surface area contributed by atoms with Crippen LogP contribution in [0.2, 0.25) is 0 Å². The Morgan fingerprint density at radius 1 is 0.339 bits per heavy atom. The standard InChI is InChI=1S/C54H32N4O/c1-2-14-40-38(12-1)39-13-3-4-15-41(39)45-30-35(26-27-42(40)45)52-51-43-16-5-6-21-50(43)59-54(51)44-18-11-17-37(53(44)58-52)34-24-22-33(23-25-34)36-31-48(46-19-7-9-28-55-46)57-49(32-36)47-20-8-10-29-56-47/h1-32H. The SMILES string of the molecule is c1ccc(-c2cc(-c3ccc(-c4cccc5c4nc(-c4ccc6c7ccccc7c7ccccc7c6c4)c4c6ccccc6oc54)cc3)cc(-c3ccccn3)n2)nc1. The first kappa shape index (κ1) is 33.2. The van der Waals surface area contributed by atoms with Crippen LogP contribution in [0.15, 0.2) is 199 Å². The van der Waals surface area contributed by atoms with Gasteiger partial charge in [-0.2, -0.15) is 0 Å². The van der Waals surface area contributed by atoms with Crippen molar-refractivity contribution in [3.05, 3.63) is 194 Å². The maximum absolute atomic E-state index is 6.75. The third-order valence-electron chi connectivity index (χ3n) is 11.6. The summed E-state index contributed by atoms with van der Waals surface area (Å²) in [5, 5.41) is 10.5. The fourth-order valence-electron chi connectivity index (χ4n) is 8.81. The highest BCUT2D eigenvalue weighted by Crippen LogP contribution is 2.44. The summed E-state index contributed by atoms with van der Waals surface area (Å²) in [7, 11) is 0. The molecule has 0 aliphatic rings. The Hall–Kier alpha value is -8.02. The fraction of sp³-hybridized carbons (Fsp3) is 0. The molecule has 0 saturated heterocycles. The fourth-order valence-corrected chi connectivity index (χ4v) is 8.81. The predicted octanol–water partition coefficient (Wildman–Crippen LogP) is 14.1. The van der Waals surface area contributed by atoms with Crippen LogP contribution in [0.3, 0.4) is 0 Å². The second kappa shape index (κ2) is 13.3. The molecule has 0 amide bonds. The molecule has 0 radical (unpaired) electrons. The smallest absolute Gasteiger partial charge is 0.147 e. The van der Waals surface area contributed by atoms with Gasteiger partial charge in [-0.1, -0.05) is 127 Å². The molecule has 0 aliphatic heterocycles. The molecule has 0 spiro atoms. The van der Waals surface area contributed by atoms with Crippen molar-refractivity contribution < 1.29 is 4.42 Å². The molecule has 0 aliphatic carbocycles. The van der Waals surface area contributed by atoms with Crippen LogP contribution in [0.25, 0.3) is 121 Å². The van der Waals surface area contributed by atoms with E-state index in [1.807, 2.05) is 48.5 Å². The van der Waals surface area contributed by atoms with Gasteiger partial charge in [0.05, 0.1) is 39.4 Å². The van der Waals surface area contributed by atoms with E-state index >= 15 is 0 Å². The van der Waals surface area contributed by atoms with Gasteiger partial charge in [0.15, 0.2) is 0 Å². The monoisotopic (exact) mass is 752 g/mol. The summed E-state index contributed by atoms with van der Waals surface area (Å²) < 4.78 is 6.75. The van der Waals surface area contributed by atoms with Crippen LogP contribution in [-0.4, -0.2) is 19.9 Å². The Balaban J connectivity index is 1.05. The molecule has 7 aromatic carbocycles. The molecule has 59 heavy (non-hydrogen) atoms. The number of benzene rings is 7. The molecule has 5 aromatic heterocycles. The van der Waals surface area contributed by atoms with Gasteiger partial charge in [-0.25, -0.2) is 9.97 Å². The summed E-state index contributed by atoms with van der Waals surface area (Å²) in [6.07, 6.45) is 3.59. The van der Waals surface area contributed by atoms with Crippen LogP contribution in [-0.2, 0) is 0 Å². The molecule has 12 aromatic rings. The number of nitrogens with zero attached hydrogens (tertiary/aromatic N) is 4. The van der Waals surface area contributed by atoms with Crippen molar-refractivity contribution in [2.45, 2.75) is 0 Å². The van der Waals surface area contributed by atoms with Crippen molar-refractivity contribution in [3.63, 3.8) is 0 Å². The van der Waals surface area contributed by atoms with E-state index in [9.17, 15) is 0 Å². The molecular formula is C54H32N4O. The number of hydrogen-bond acceptors (Lipinski definition) is 5. The number of aromatic nitrogens is 4. The van der Waals surface area contributed by atoms with Gasteiger partial charge in [0.1, 0.15) is 11.2 Å². The van der Waals surface area contributed by atoms with Crippen molar-refractivity contribution in [1.29, 1.82) is 0 Å². The van der Waals surface area contributed by atoms with E-state index in [0.717, 1.165) is 89.1 Å². The van der Waals surface area contributed by atoms with Gasteiger partial charge in [0, 0.05) is 34.3 Å². The van der Waals surface area contributed by atoms with Crippen molar-refractivity contribution in [2.75, 3.05) is 0 Å².